The molecule has 0 fully saturated rings. The van der Waals surface area contributed by atoms with E-state index in [0.717, 1.165) is 12.0 Å². The normalized spacial score (nSPS) is 13.9. The van der Waals surface area contributed by atoms with Crippen molar-refractivity contribution >= 4 is 32.0 Å². The highest BCUT2D eigenvalue weighted by atomic mass is 79.9. The van der Waals surface area contributed by atoms with Crippen molar-refractivity contribution in [2.45, 2.75) is 27.2 Å². The van der Waals surface area contributed by atoms with Crippen molar-refractivity contribution in [3.8, 4) is 0 Å². The second-order valence-corrected chi connectivity index (χ2v) is 7.17. The molecule has 0 saturated heterocycles. The van der Waals surface area contributed by atoms with Crippen LogP contribution in [0.2, 0.25) is 0 Å². The van der Waals surface area contributed by atoms with Gasteiger partial charge in [-0.05, 0) is 54.5 Å². The highest BCUT2D eigenvalue weighted by molar-refractivity contribution is 9.15. The van der Waals surface area contributed by atoms with Gasteiger partial charge in [0.2, 0.25) is 0 Å². The number of rotatable bonds is 4. The van der Waals surface area contributed by atoms with Crippen LogP contribution in [0.3, 0.4) is 0 Å². The first-order valence-electron chi connectivity index (χ1n) is 8.60. The van der Waals surface area contributed by atoms with Crippen LogP contribution in [-0.4, -0.2) is 13.1 Å². The molecule has 148 valence electrons. The van der Waals surface area contributed by atoms with Gasteiger partial charge in [-0.3, -0.25) is 0 Å². The molecule has 0 aliphatic carbocycles. The Morgan fingerprint density at radius 1 is 1.07 bits per heavy atom. The van der Waals surface area contributed by atoms with Crippen molar-refractivity contribution in [2.24, 2.45) is 0 Å². The molecule has 2 aromatic rings. The number of methoxy groups -OCH3 is 1. The largest absolute Gasteiger partial charge is 0.465 e. The molecule has 0 amide bonds. The fourth-order valence-corrected chi connectivity index (χ4v) is 3.48. The van der Waals surface area contributed by atoms with E-state index in [2.05, 4.69) is 15.9 Å². The summed E-state index contributed by atoms with van der Waals surface area (Å²) in [7, 11) is 1.25. The monoisotopic (exact) mass is 452 g/mol. The molecule has 0 aromatic heterocycles. The van der Waals surface area contributed by atoms with E-state index in [9.17, 15) is 18.0 Å². The van der Waals surface area contributed by atoms with Gasteiger partial charge < -0.3 is 4.74 Å². The number of halogens is 4. The molecular weight excluding hydrogens is 433 g/mol. The molecule has 0 unspecified atom stereocenters. The SMILES string of the molecule is CCC(C)=C/C(Br)=c1/ccc(C(=O)OC)c/c1=C(/C)c1c(F)cc(F)cc1F. The predicted octanol–water partition coefficient (Wildman–Crippen LogP) is 4.97. The van der Waals surface area contributed by atoms with E-state index in [-0.39, 0.29) is 16.7 Å². The van der Waals surface area contributed by atoms with Crippen LogP contribution < -0.4 is 10.4 Å². The topological polar surface area (TPSA) is 26.3 Å². The first-order valence-corrected chi connectivity index (χ1v) is 9.40. The van der Waals surface area contributed by atoms with Gasteiger partial charge in [0.05, 0.1) is 12.7 Å². The molecule has 2 aromatic carbocycles. The van der Waals surface area contributed by atoms with Gasteiger partial charge in [0.1, 0.15) is 17.5 Å². The summed E-state index contributed by atoms with van der Waals surface area (Å²) in [6.45, 7) is 5.49. The summed E-state index contributed by atoms with van der Waals surface area (Å²) < 4.78 is 47.4. The third-order valence-electron chi connectivity index (χ3n) is 4.41. The minimum Gasteiger partial charge on any atom is -0.465 e. The Kier molecular flexibility index (Phi) is 7.24. The summed E-state index contributed by atoms with van der Waals surface area (Å²) in [4.78, 5) is 11.9. The van der Waals surface area contributed by atoms with Gasteiger partial charge in [-0.25, -0.2) is 18.0 Å². The van der Waals surface area contributed by atoms with Crippen molar-refractivity contribution in [3.63, 3.8) is 0 Å². The van der Waals surface area contributed by atoms with Gasteiger partial charge in [-0.2, -0.15) is 0 Å². The minimum absolute atomic E-state index is 0.232. The Morgan fingerprint density at radius 3 is 2.21 bits per heavy atom. The van der Waals surface area contributed by atoms with E-state index in [1.54, 1.807) is 12.1 Å². The lowest BCUT2D eigenvalue weighted by Gasteiger charge is -2.08. The number of hydrogen-bond donors (Lipinski definition) is 0. The number of carbonyl (C=O) groups is 1. The maximum Gasteiger partial charge on any atom is 0.337 e. The summed E-state index contributed by atoms with van der Waals surface area (Å²) in [5, 5.41) is 1.07. The summed E-state index contributed by atoms with van der Waals surface area (Å²) in [6.07, 6.45) is 2.73. The molecular formula is C22H20BrF3O2. The maximum atomic E-state index is 14.3. The minimum atomic E-state index is -1.01. The van der Waals surface area contributed by atoms with Crippen LogP contribution in [0.5, 0.6) is 0 Å². The fourth-order valence-electron chi connectivity index (χ4n) is 2.74. The Bertz CT molecular complexity index is 1050. The molecule has 0 radical (unpaired) electrons. The fraction of sp³-hybridized carbons (Fsp3) is 0.227. The van der Waals surface area contributed by atoms with E-state index < -0.39 is 23.4 Å². The molecule has 2 nitrogen and oxygen atoms in total. The van der Waals surface area contributed by atoms with Gasteiger partial charge in [0.15, 0.2) is 0 Å². The number of hydrogen-bond acceptors (Lipinski definition) is 2. The lowest BCUT2D eigenvalue weighted by Crippen LogP contribution is -2.30. The predicted molar refractivity (Wildman–Crippen MR) is 108 cm³/mol. The highest BCUT2D eigenvalue weighted by Crippen LogP contribution is 2.21. The van der Waals surface area contributed by atoms with Gasteiger partial charge in [-0.1, -0.05) is 34.5 Å². The van der Waals surface area contributed by atoms with E-state index in [1.807, 2.05) is 19.9 Å². The van der Waals surface area contributed by atoms with Crippen LogP contribution in [-0.2, 0) is 4.74 Å². The van der Waals surface area contributed by atoms with E-state index in [0.29, 0.717) is 27.1 Å². The summed E-state index contributed by atoms with van der Waals surface area (Å²) in [5.41, 5.74) is 1.21. The first-order chi connectivity index (χ1) is 13.2. The smallest absolute Gasteiger partial charge is 0.337 e. The van der Waals surface area contributed by atoms with Crippen LogP contribution in [0.15, 0.2) is 42.0 Å². The van der Waals surface area contributed by atoms with Crippen LogP contribution in [0.4, 0.5) is 13.2 Å². The highest BCUT2D eigenvalue weighted by Gasteiger charge is 2.15. The van der Waals surface area contributed by atoms with Crippen LogP contribution in [0, 0.1) is 17.5 Å². The van der Waals surface area contributed by atoms with Gasteiger partial charge in [0.25, 0.3) is 0 Å². The number of carbonyl (C=O) groups excluding carboxylic acids is 1. The molecule has 28 heavy (non-hydrogen) atoms. The number of ether oxygens (including phenoxy) is 1. The van der Waals surface area contributed by atoms with Crippen LogP contribution in [0.1, 0.15) is 43.1 Å². The zero-order valence-electron chi connectivity index (χ0n) is 16.0. The third kappa shape index (κ3) is 4.73. The number of allylic oxidation sites excluding steroid dienone is 2. The molecule has 0 heterocycles. The molecule has 0 atom stereocenters. The molecule has 0 N–H and O–H groups in total. The van der Waals surface area contributed by atoms with Crippen molar-refractivity contribution in [2.75, 3.05) is 7.11 Å². The molecule has 0 aliphatic heterocycles. The number of benzene rings is 2. The summed E-state index contributed by atoms with van der Waals surface area (Å²) in [6, 6.07) is 6.02. The Morgan fingerprint density at radius 2 is 1.68 bits per heavy atom. The molecule has 0 saturated carbocycles. The van der Waals surface area contributed by atoms with Gasteiger partial charge in [-0.15, -0.1) is 0 Å². The van der Waals surface area contributed by atoms with Gasteiger partial charge in [0, 0.05) is 22.2 Å². The Balaban J connectivity index is 3.00. The standard InChI is InChI=1S/C22H20BrF3O2/c1-5-12(2)8-18(23)16-7-6-14(22(27)28-4)9-17(16)13(3)21-19(25)10-15(24)11-20(21)26/h6-11H,5H2,1-4H3/b12-8?,17-13+,18-16+. The molecule has 0 aliphatic rings. The molecule has 2 rings (SSSR count). The lowest BCUT2D eigenvalue weighted by molar-refractivity contribution is 0.0600. The van der Waals surface area contributed by atoms with E-state index >= 15 is 0 Å². The van der Waals surface area contributed by atoms with Crippen molar-refractivity contribution in [1.29, 1.82) is 0 Å². The van der Waals surface area contributed by atoms with Crippen molar-refractivity contribution in [3.05, 3.63) is 81.0 Å². The number of esters is 1. The third-order valence-corrected chi connectivity index (χ3v) is 5.07. The molecule has 0 bridgehead atoms. The molecule has 0 spiro atoms. The quantitative estimate of drug-likeness (QED) is 0.612. The summed E-state index contributed by atoms with van der Waals surface area (Å²) >= 11 is 3.51. The second-order valence-electron chi connectivity index (χ2n) is 6.31. The first kappa shape index (κ1) is 22.0. The second kappa shape index (κ2) is 9.24. The van der Waals surface area contributed by atoms with Gasteiger partial charge >= 0.3 is 5.97 Å². The Hall–Kier alpha value is -2.34. The van der Waals surface area contributed by atoms with E-state index in [4.69, 9.17) is 4.74 Å². The van der Waals surface area contributed by atoms with E-state index in [1.165, 1.54) is 20.1 Å². The van der Waals surface area contributed by atoms with Crippen molar-refractivity contribution < 1.29 is 22.7 Å². The average molecular weight is 453 g/mol. The Labute approximate surface area is 170 Å². The van der Waals surface area contributed by atoms with Crippen LogP contribution >= 0.6 is 15.9 Å². The average Bonchev–Trinajstić information content (AvgIpc) is 2.65. The zero-order valence-corrected chi connectivity index (χ0v) is 17.6. The molecule has 6 heteroatoms. The summed E-state index contributed by atoms with van der Waals surface area (Å²) in [5.74, 6) is -3.59. The van der Waals surface area contributed by atoms with Crippen LogP contribution in [0.25, 0.3) is 10.1 Å². The lowest BCUT2D eigenvalue weighted by atomic mass is 10.00. The zero-order chi connectivity index (χ0) is 21.0. The van der Waals surface area contributed by atoms with Crippen molar-refractivity contribution in [1.82, 2.24) is 0 Å². The maximum absolute atomic E-state index is 14.3.